The highest BCUT2D eigenvalue weighted by Crippen LogP contribution is 2.60. The number of fused-ring (bicyclic) bond motifs is 1. The van der Waals surface area contributed by atoms with Crippen molar-refractivity contribution >= 4 is 0 Å². The third-order valence-electron chi connectivity index (χ3n) is 7.79. The minimum Gasteiger partial charge on any atom is -0.0628 e. The molecule has 2 aliphatic rings. The molecule has 0 bridgehead atoms. The largest absolute Gasteiger partial charge is 0.0628 e. The fraction of sp³-hybridized carbons (Fsp3) is 1.00. The summed E-state index contributed by atoms with van der Waals surface area (Å²) in [5, 5.41) is 0. The number of hydrogen-bond acceptors (Lipinski definition) is 0. The van der Waals surface area contributed by atoms with E-state index in [1.54, 1.807) is 0 Å². The molecule has 0 N–H and O–H groups in total. The quantitative estimate of drug-likeness (QED) is 0.584. The maximum Gasteiger partial charge on any atom is -0.0324 e. The lowest BCUT2D eigenvalue weighted by molar-refractivity contribution is 0.00237. The van der Waals surface area contributed by atoms with Crippen molar-refractivity contribution in [3.63, 3.8) is 0 Å². The van der Waals surface area contributed by atoms with Crippen molar-refractivity contribution in [1.29, 1.82) is 0 Å². The lowest BCUT2D eigenvalue weighted by Gasteiger charge is -2.48. The van der Waals surface area contributed by atoms with E-state index >= 15 is 0 Å². The molecular formula is C20H38. The Labute approximate surface area is 128 Å². The van der Waals surface area contributed by atoms with Gasteiger partial charge in [-0.2, -0.15) is 0 Å². The van der Waals surface area contributed by atoms with Crippen LogP contribution in [0, 0.1) is 59.2 Å². The Kier molecular flexibility index (Phi) is 4.92. The topological polar surface area (TPSA) is 0 Å². The number of rotatable bonds is 3. The Morgan fingerprint density at radius 1 is 0.600 bits per heavy atom. The molecule has 0 aromatic heterocycles. The van der Waals surface area contributed by atoms with Gasteiger partial charge in [0.2, 0.25) is 0 Å². The van der Waals surface area contributed by atoms with Crippen molar-refractivity contribution < 1.29 is 0 Å². The minimum absolute atomic E-state index is 0.865. The first-order valence-electron chi connectivity index (χ1n) is 9.27. The van der Waals surface area contributed by atoms with Crippen LogP contribution in [-0.4, -0.2) is 0 Å². The van der Waals surface area contributed by atoms with Gasteiger partial charge in [-0.1, -0.05) is 61.8 Å². The number of hydrogen-bond donors (Lipinski definition) is 0. The van der Waals surface area contributed by atoms with Gasteiger partial charge >= 0.3 is 0 Å². The van der Waals surface area contributed by atoms with Gasteiger partial charge in [-0.25, -0.2) is 0 Å². The third kappa shape index (κ3) is 2.57. The summed E-state index contributed by atoms with van der Waals surface area (Å²) < 4.78 is 0. The van der Waals surface area contributed by atoms with Gasteiger partial charge in [-0.3, -0.25) is 0 Å². The highest BCUT2D eigenvalue weighted by molar-refractivity contribution is 5.02. The molecule has 20 heavy (non-hydrogen) atoms. The van der Waals surface area contributed by atoms with Crippen LogP contribution < -0.4 is 0 Å². The summed E-state index contributed by atoms with van der Waals surface area (Å²) in [6.07, 6.45) is 2.89. The summed E-state index contributed by atoms with van der Waals surface area (Å²) in [5.74, 6) is 9.38. The lowest BCUT2D eigenvalue weighted by Crippen LogP contribution is -2.42. The van der Waals surface area contributed by atoms with Gasteiger partial charge in [-0.05, 0) is 65.6 Å². The van der Waals surface area contributed by atoms with Crippen LogP contribution in [0.4, 0.5) is 0 Å². The normalized spacial score (nSPS) is 52.4. The van der Waals surface area contributed by atoms with Crippen molar-refractivity contribution in [3.8, 4) is 0 Å². The molecule has 0 aromatic carbocycles. The molecule has 0 aliphatic heterocycles. The Balaban J connectivity index is 2.19. The van der Waals surface area contributed by atoms with Crippen molar-refractivity contribution in [3.05, 3.63) is 0 Å². The summed E-state index contributed by atoms with van der Waals surface area (Å²) in [4.78, 5) is 0. The standard InChI is InChI=1S/C20H38/c1-11(2)9-10-18-16(7)19-14(5)12(3)13(4)15(6)20(19)17(18)8/h11-20H,9-10H2,1-8H3. The molecule has 2 aliphatic carbocycles. The van der Waals surface area contributed by atoms with Crippen LogP contribution in [0.15, 0.2) is 0 Å². The fourth-order valence-corrected chi connectivity index (χ4v) is 6.12. The zero-order valence-corrected chi connectivity index (χ0v) is 15.2. The van der Waals surface area contributed by atoms with Crippen molar-refractivity contribution in [2.24, 2.45) is 59.2 Å². The second-order valence-corrected chi connectivity index (χ2v) is 8.94. The van der Waals surface area contributed by atoms with Crippen molar-refractivity contribution in [2.75, 3.05) is 0 Å². The molecule has 8 atom stereocenters. The molecule has 0 heteroatoms. The summed E-state index contributed by atoms with van der Waals surface area (Å²) in [6.45, 7) is 20.1. The molecule has 0 amide bonds. The smallest absolute Gasteiger partial charge is 0.0324 e. The minimum atomic E-state index is 0.865. The van der Waals surface area contributed by atoms with E-state index in [9.17, 15) is 0 Å². The molecule has 0 radical (unpaired) electrons. The zero-order chi connectivity index (χ0) is 15.2. The Bertz CT molecular complexity index is 292. The summed E-state index contributed by atoms with van der Waals surface area (Å²) >= 11 is 0. The summed E-state index contributed by atoms with van der Waals surface area (Å²) in [5.41, 5.74) is 0. The van der Waals surface area contributed by atoms with E-state index in [2.05, 4.69) is 55.4 Å². The van der Waals surface area contributed by atoms with Gasteiger partial charge in [0, 0.05) is 0 Å². The molecule has 0 spiro atoms. The van der Waals surface area contributed by atoms with Gasteiger partial charge in [0.05, 0.1) is 0 Å². The van der Waals surface area contributed by atoms with E-state index in [0.29, 0.717) is 0 Å². The third-order valence-corrected chi connectivity index (χ3v) is 7.79. The van der Waals surface area contributed by atoms with E-state index in [1.165, 1.54) is 12.8 Å². The maximum atomic E-state index is 2.58. The Morgan fingerprint density at radius 2 is 1.00 bits per heavy atom. The molecule has 0 aromatic rings. The predicted molar refractivity (Wildman–Crippen MR) is 89.5 cm³/mol. The molecule has 0 heterocycles. The molecule has 0 nitrogen and oxygen atoms in total. The monoisotopic (exact) mass is 278 g/mol. The van der Waals surface area contributed by atoms with Gasteiger partial charge in [0.15, 0.2) is 0 Å². The first-order chi connectivity index (χ1) is 9.27. The van der Waals surface area contributed by atoms with Crippen LogP contribution in [0.25, 0.3) is 0 Å². The van der Waals surface area contributed by atoms with Gasteiger partial charge < -0.3 is 0 Å². The fourth-order valence-electron chi connectivity index (χ4n) is 6.12. The molecule has 2 rings (SSSR count). The Morgan fingerprint density at radius 3 is 1.35 bits per heavy atom. The van der Waals surface area contributed by atoms with E-state index in [1.807, 2.05) is 0 Å². The zero-order valence-electron chi connectivity index (χ0n) is 15.2. The van der Waals surface area contributed by atoms with Gasteiger partial charge in [0.1, 0.15) is 0 Å². The lowest BCUT2D eigenvalue weighted by atomic mass is 9.57. The SMILES string of the molecule is CC(C)CCC1C(C)C2C(C)C(C)C(C)C(C)C2C1C. The van der Waals surface area contributed by atoms with Crippen LogP contribution >= 0.6 is 0 Å². The van der Waals surface area contributed by atoms with E-state index in [4.69, 9.17) is 0 Å². The van der Waals surface area contributed by atoms with Crippen LogP contribution in [0.2, 0.25) is 0 Å². The first kappa shape index (κ1) is 16.4. The summed E-state index contributed by atoms with van der Waals surface area (Å²) in [6, 6.07) is 0. The van der Waals surface area contributed by atoms with Crippen molar-refractivity contribution in [2.45, 2.75) is 68.2 Å². The highest BCUT2D eigenvalue weighted by atomic mass is 14.6. The first-order valence-corrected chi connectivity index (χ1v) is 9.27. The van der Waals surface area contributed by atoms with Crippen LogP contribution in [0.3, 0.4) is 0 Å². The van der Waals surface area contributed by atoms with Crippen LogP contribution in [0.1, 0.15) is 68.2 Å². The van der Waals surface area contributed by atoms with E-state index in [0.717, 1.165) is 59.2 Å². The van der Waals surface area contributed by atoms with Gasteiger partial charge in [-0.15, -0.1) is 0 Å². The van der Waals surface area contributed by atoms with E-state index in [-0.39, 0.29) is 0 Å². The van der Waals surface area contributed by atoms with Gasteiger partial charge in [0.25, 0.3) is 0 Å². The molecule has 2 saturated carbocycles. The maximum absolute atomic E-state index is 2.58. The highest BCUT2D eigenvalue weighted by Gasteiger charge is 2.54. The second kappa shape index (κ2) is 6.01. The van der Waals surface area contributed by atoms with Crippen LogP contribution in [-0.2, 0) is 0 Å². The average Bonchev–Trinajstić information content (AvgIpc) is 2.63. The predicted octanol–water partition coefficient (Wildman–Crippen LogP) is 6.12. The molecule has 0 saturated heterocycles. The molecule has 8 unspecified atom stereocenters. The summed E-state index contributed by atoms with van der Waals surface area (Å²) in [7, 11) is 0. The Hall–Kier alpha value is 0. The second-order valence-electron chi connectivity index (χ2n) is 8.94. The molecular weight excluding hydrogens is 240 g/mol. The van der Waals surface area contributed by atoms with E-state index < -0.39 is 0 Å². The molecule has 2 fully saturated rings. The average molecular weight is 279 g/mol. The van der Waals surface area contributed by atoms with Crippen molar-refractivity contribution in [1.82, 2.24) is 0 Å². The van der Waals surface area contributed by atoms with Crippen LogP contribution in [0.5, 0.6) is 0 Å². The molecule has 118 valence electrons.